The third kappa shape index (κ3) is 2.65. The van der Waals surface area contributed by atoms with Gasteiger partial charge in [-0.2, -0.15) is 0 Å². The maximum Gasteiger partial charge on any atom is 0.237 e. The third-order valence-electron chi connectivity index (χ3n) is 3.66. The van der Waals surface area contributed by atoms with E-state index in [0.717, 1.165) is 16.9 Å². The van der Waals surface area contributed by atoms with Crippen LogP contribution in [0.15, 0.2) is 48.5 Å². The molecule has 0 saturated carbocycles. The van der Waals surface area contributed by atoms with Gasteiger partial charge >= 0.3 is 0 Å². The number of hydrogen-bond acceptors (Lipinski definition) is 2. The van der Waals surface area contributed by atoms with Gasteiger partial charge in [0.1, 0.15) is 12.4 Å². The average molecular weight is 279 g/mol. The summed E-state index contributed by atoms with van der Waals surface area (Å²) < 4.78 is 1.91. The van der Waals surface area contributed by atoms with Gasteiger partial charge in [0.05, 0.1) is 11.0 Å². The van der Waals surface area contributed by atoms with Gasteiger partial charge in [-0.1, -0.05) is 36.4 Å². The number of para-hydroxylation sites is 2. The topological polar surface area (TPSA) is 60.9 Å². The summed E-state index contributed by atoms with van der Waals surface area (Å²) in [6, 6.07) is 16.0. The summed E-state index contributed by atoms with van der Waals surface area (Å²) in [4.78, 5) is 16.0. The number of carbonyl (C=O) groups excluding carboxylic acids is 1. The number of hydrogen-bond donors (Lipinski definition) is 1. The van der Waals surface area contributed by atoms with Crippen LogP contribution in [0.3, 0.4) is 0 Å². The van der Waals surface area contributed by atoms with E-state index in [2.05, 4.69) is 24.0 Å². The van der Waals surface area contributed by atoms with Crippen molar-refractivity contribution in [2.75, 3.05) is 0 Å². The molecule has 2 N–H and O–H groups in total. The zero-order valence-corrected chi connectivity index (χ0v) is 11.9. The Hall–Kier alpha value is -2.62. The van der Waals surface area contributed by atoms with E-state index in [4.69, 9.17) is 5.73 Å². The van der Waals surface area contributed by atoms with E-state index >= 15 is 0 Å². The van der Waals surface area contributed by atoms with Gasteiger partial charge in [0, 0.05) is 6.42 Å². The minimum absolute atomic E-state index is 0.154. The van der Waals surface area contributed by atoms with Crippen LogP contribution in [0.1, 0.15) is 17.0 Å². The lowest BCUT2D eigenvalue weighted by Crippen LogP contribution is -2.20. The van der Waals surface area contributed by atoms with Crippen molar-refractivity contribution in [3.05, 3.63) is 65.5 Å². The van der Waals surface area contributed by atoms with E-state index < -0.39 is 0 Å². The standard InChI is InChI=1S/C17H17N3O/c1-12-6-2-3-7-13(12)10-17-19-14-8-4-5-9-15(14)20(17)11-16(18)21/h2-9H,10-11H2,1H3,(H2,18,21). The van der Waals surface area contributed by atoms with Crippen LogP contribution in [0.25, 0.3) is 11.0 Å². The molecule has 106 valence electrons. The number of nitrogens with two attached hydrogens (primary N) is 1. The van der Waals surface area contributed by atoms with Crippen LogP contribution in [0, 0.1) is 6.92 Å². The van der Waals surface area contributed by atoms with Crippen molar-refractivity contribution >= 4 is 16.9 Å². The largest absolute Gasteiger partial charge is 0.368 e. The second-order valence-corrected chi connectivity index (χ2v) is 5.17. The molecule has 0 spiro atoms. The normalized spacial score (nSPS) is 10.9. The van der Waals surface area contributed by atoms with Gasteiger partial charge < -0.3 is 10.3 Å². The second kappa shape index (κ2) is 5.40. The second-order valence-electron chi connectivity index (χ2n) is 5.17. The maximum atomic E-state index is 11.4. The molecule has 21 heavy (non-hydrogen) atoms. The molecule has 0 unspecified atom stereocenters. The van der Waals surface area contributed by atoms with Crippen molar-refractivity contribution in [3.8, 4) is 0 Å². The number of primary amides is 1. The molecule has 4 heteroatoms. The fourth-order valence-electron chi connectivity index (χ4n) is 2.57. The van der Waals surface area contributed by atoms with Crippen molar-refractivity contribution in [3.63, 3.8) is 0 Å². The Labute approximate surface area is 123 Å². The molecule has 1 heterocycles. The molecule has 0 radical (unpaired) electrons. The quantitative estimate of drug-likeness (QED) is 0.797. The van der Waals surface area contributed by atoms with E-state index in [0.29, 0.717) is 6.42 Å². The van der Waals surface area contributed by atoms with E-state index in [1.165, 1.54) is 11.1 Å². The fourth-order valence-corrected chi connectivity index (χ4v) is 2.57. The summed E-state index contributed by atoms with van der Waals surface area (Å²) >= 11 is 0. The summed E-state index contributed by atoms with van der Waals surface area (Å²) in [5.41, 5.74) is 9.64. The fraction of sp³-hybridized carbons (Fsp3) is 0.176. The number of imidazole rings is 1. The lowest BCUT2D eigenvalue weighted by Gasteiger charge is -2.08. The third-order valence-corrected chi connectivity index (χ3v) is 3.66. The number of fused-ring (bicyclic) bond motifs is 1. The zero-order valence-electron chi connectivity index (χ0n) is 11.9. The molecule has 0 saturated heterocycles. The van der Waals surface area contributed by atoms with E-state index in [1.54, 1.807) is 0 Å². The SMILES string of the molecule is Cc1ccccc1Cc1nc2ccccc2n1CC(N)=O. The van der Waals surface area contributed by atoms with Gasteiger partial charge in [0.25, 0.3) is 0 Å². The van der Waals surface area contributed by atoms with Gasteiger partial charge in [-0.15, -0.1) is 0 Å². The number of aromatic nitrogens is 2. The Morgan fingerprint density at radius 1 is 1.14 bits per heavy atom. The molecule has 2 aromatic carbocycles. The summed E-state index contributed by atoms with van der Waals surface area (Å²) in [6.07, 6.45) is 0.689. The Morgan fingerprint density at radius 2 is 1.86 bits per heavy atom. The average Bonchev–Trinajstić information content (AvgIpc) is 2.79. The number of nitrogens with zero attached hydrogens (tertiary/aromatic N) is 2. The molecule has 0 bridgehead atoms. The first-order valence-corrected chi connectivity index (χ1v) is 6.92. The van der Waals surface area contributed by atoms with Crippen molar-refractivity contribution in [2.24, 2.45) is 5.73 Å². The molecule has 1 aromatic heterocycles. The highest BCUT2D eigenvalue weighted by molar-refractivity contribution is 5.80. The molecule has 0 fully saturated rings. The number of benzene rings is 2. The van der Waals surface area contributed by atoms with E-state index in [-0.39, 0.29) is 12.5 Å². The van der Waals surface area contributed by atoms with Crippen LogP contribution in [-0.2, 0) is 17.8 Å². The maximum absolute atomic E-state index is 11.4. The minimum Gasteiger partial charge on any atom is -0.368 e. The number of carbonyl (C=O) groups is 1. The zero-order chi connectivity index (χ0) is 14.8. The lowest BCUT2D eigenvalue weighted by atomic mass is 10.1. The molecular weight excluding hydrogens is 262 g/mol. The highest BCUT2D eigenvalue weighted by Gasteiger charge is 2.13. The van der Waals surface area contributed by atoms with Crippen LogP contribution in [0.2, 0.25) is 0 Å². The molecule has 0 aliphatic carbocycles. The van der Waals surface area contributed by atoms with Crippen molar-refractivity contribution in [2.45, 2.75) is 19.9 Å². The molecule has 0 aliphatic heterocycles. The van der Waals surface area contributed by atoms with Crippen molar-refractivity contribution < 1.29 is 4.79 Å². The van der Waals surface area contributed by atoms with Crippen LogP contribution < -0.4 is 5.73 Å². The van der Waals surface area contributed by atoms with Crippen LogP contribution >= 0.6 is 0 Å². The first kappa shape index (κ1) is 13.4. The number of amides is 1. The van der Waals surface area contributed by atoms with Gasteiger partial charge in [-0.3, -0.25) is 4.79 Å². The molecule has 0 aliphatic rings. The first-order valence-electron chi connectivity index (χ1n) is 6.92. The summed E-state index contributed by atoms with van der Waals surface area (Å²) in [6.45, 7) is 2.23. The smallest absolute Gasteiger partial charge is 0.237 e. The summed E-state index contributed by atoms with van der Waals surface area (Å²) in [5, 5.41) is 0. The molecule has 3 aromatic rings. The van der Waals surface area contributed by atoms with Crippen molar-refractivity contribution in [1.82, 2.24) is 9.55 Å². The predicted octanol–water partition coefficient (Wildman–Crippen LogP) is 2.42. The van der Waals surface area contributed by atoms with Gasteiger partial charge in [0.2, 0.25) is 5.91 Å². The highest BCUT2D eigenvalue weighted by Crippen LogP contribution is 2.19. The van der Waals surface area contributed by atoms with Crippen molar-refractivity contribution in [1.29, 1.82) is 0 Å². The first-order chi connectivity index (χ1) is 10.1. The van der Waals surface area contributed by atoms with Crippen LogP contribution in [0.5, 0.6) is 0 Å². The molecule has 3 rings (SSSR count). The lowest BCUT2D eigenvalue weighted by molar-refractivity contribution is -0.118. The van der Waals surface area contributed by atoms with Gasteiger partial charge in [0.15, 0.2) is 0 Å². The van der Waals surface area contributed by atoms with Gasteiger partial charge in [-0.05, 0) is 30.2 Å². The summed E-state index contributed by atoms with van der Waals surface area (Å²) in [5.74, 6) is 0.508. The Balaban J connectivity index is 2.09. The molecule has 0 atom stereocenters. The van der Waals surface area contributed by atoms with E-state index in [9.17, 15) is 4.79 Å². The van der Waals surface area contributed by atoms with Crippen LogP contribution in [0.4, 0.5) is 0 Å². The van der Waals surface area contributed by atoms with Crippen LogP contribution in [-0.4, -0.2) is 15.5 Å². The number of aryl methyl sites for hydroxylation is 1. The van der Waals surface area contributed by atoms with E-state index in [1.807, 2.05) is 41.0 Å². The summed E-state index contributed by atoms with van der Waals surface area (Å²) in [7, 11) is 0. The Kier molecular flexibility index (Phi) is 3.44. The predicted molar refractivity (Wildman–Crippen MR) is 82.9 cm³/mol. The Morgan fingerprint density at radius 3 is 2.62 bits per heavy atom. The monoisotopic (exact) mass is 279 g/mol. The molecule has 4 nitrogen and oxygen atoms in total. The molecule has 1 amide bonds. The number of rotatable bonds is 4. The van der Waals surface area contributed by atoms with Gasteiger partial charge in [-0.25, -0.2) is 4.98 Å². The highest BCUT2D eigenvalue weighted by atomic mass is 16.1. The Bertz CT molecular complexity index is 805. The molecular formula is C17H17N3O. The minimum atomic E-state index is -0.357.